The standard InChI is InChI=1S/C13H16BrClN2S/c1-3-13(2)6-7-18-12(17-13)16-11-5-4-9(14)8-10(11)15/h4-5,8H,3,6-7H2,1-2H3,(H,16,17). The molecule has 1 heterocycles. The molecule has 0 saturated heterocycles. The first kappa shape index (κ1) is 14.2. The maximum absolute atomic E-state index is 6.20. The summed E-state index contributed by atoms with van der Waals surface area (Å²) in [5.41, 5.74) is 0.974. The zero-order valence-corrected chi connectivity index (χ0v) is 13.6. The van der Waals surface area contributed by atoms with E-state index in [1.165, 1.54) is 0 Å². The van der Waals surface area contributed by atoms with Gasteiger partial charge in [0.05, 0.1) is 16.2 Å². The van der Waals surface area contributed by atoms with Gasteiger partial charge in [0.2, 0.25) is 0 Å². The van der Waals surface area contributed by atoms with Gasteiger partial charge in [0.25, 0.3) is 0 Å². The van der Waals surface area contributed by atoms with Crippen LogP contribution >= 0.6 is 39.3 Å². The molecule has 2 nitrogen and oxygen atoms in total. The number of nitrogens with one attached hydrogen (secondary N) is 1. The van der Waals surface area contributed by atoms with Crippen LogP contribution in [0.1, 0.15) is 26.7 Å². The lowest BCUT2D eigenvalue weighted by atomic mass is 9.97. The van der Waals surface area contributed by atoms with Gasteiger partial charge in [-0.25, -0.2) is 0 Å². The summed E-state index contributed by atoms with van der Waals surface area (Å²) in [7, 11) is 0. The molecule has 0 amide bonds. The molecule has 5 heteroatoms. The smallest absolute Gasteiger partial charge is 0.161 e. The van der Waals surface area contributed by atoms with Gasteiger partial charge in [-0.3, -0.25) is 4.99 Å². The Hall–Kier alpha value is -0.190. The highest BCUT2D eigenvalue weighted by atomic mass is 79.9. The minimum Gasteiger partial charge on any atom is -0.334 e. The Bertz CT molecular complexity index is 478. The second-order valence-corrected chi connectivity index (χ2v) is 7.02. The van der Waals surface area contributed by atoms with E-state index in [4.69, 9.17) is 16.6 Å². The van der Waals surface area contributed by atoms with Crippen LogP contribution in [0.3, 0.4) is 0 Å². The molecule has 98 valence electrons. The first-order chi connectivity index (χ1) is 8.52. The monoisotopic (exact) mass is 346 g/mol. The molecule has 0 aliphatic carbocycles. The van der Waals surface area contributed by atoms with Crippen LogP contribution in [0.5, 0.6) is 0 Å². The summed E-state index contributed by atoms with van der Waals surface area (Å²) in [5.74, 6) is 1.10. The van der Waals surface area contributed by atoms with Gasteiger partial charge in [-0.1, -0.05) is 46.2 Å². The Balaban J connectivity index is 2.18. The van der Waals surface area contributed by atoms with Crippen molar-refractivity contribution in [3.8, 4) is 0 Å². The topological polar surface area (TPSA) is 24.4 Å². The average molecular weight is 348 g/mol. The van der Waals surface area contributed by atoms with Crippen LogP contribution in [-0.4, -0.2) is 16.5 Å². The van der Waals surface area contributed by atoms with E-state index in [0.717, 1.165) is 33.9 Å². The van der Waals surface area contributed by atoms with Crippen LogP contribution in [0.25, 0.3) is 0 Å². The molecule has 1 N–H and O–H groups in total. The lowest BCUT2D eigenvalue weighted by Gasteiger charge is -2.29. The van der Waals surface area contributed by atoms with Crippen molar-refractivity contribution in [3.05, 3.63) is 27.7 Å². The van der Waals surface area contributed by atoms with Gasteiger partial charge in [0, 0.05) is 10.2 Å². The van der Waals surface area contributed by atoms with Crippen LogP contribution in [0.2, 0.25) is 5.02 Å². The van der Waals surface area contributed by atoms with Gasteiger partial charge in [0.1, 0.15) is 0 Å². The van der Waals surface area contributed by atoms with Crippen LogP contribution in [0.15, 0.2) is 27.7 Å². The molecular formula is C13H16BrClN2S. The summed E-state index contributed by atoms with van der Waals surface area (Å²) in [6, 6.07) is 5.83. The zero-order chi connectivity index (χ0) is 13.2. The van der Waals surface area contributed by atoms with E-state index in [1.54, 1.807) is 11.8 Å². The van der Waals surface area contributed by atoms with E-state index < -0.39 is 0 Å². The predicted molar refractivity (Wildman–Crippen MR) is 86.0 cm³/mol. The largest absolute Gasteiger partial charge is 0.334 e. The number of halogens is 2. The fourth-order valence-corrected chi connectivity index (χ4v) is 3.65. The number of thioether (sulfide) groups is 1. The molecule has 1 aliphatic rings. The van der Waals surface area contributed by atoms with E-state index in [2.05, 4.69) is 35.1 Å². The van der Waals surface area contributed by atoms with E-state index in [1.807, 2.05) is 18.2 Å². The van der Waals surface area contributed by atoms with Crippen LogP contribution in [-0.2, 0) is 0 Å². The average Bonchev–Trinajstić information content (AvgIpc) is 2.33. The Morgan fingerprint density at radius 3 is 3.00 bits per heavy atom. The molecule has 1 atom stereocenters. The Morgan fingerprint density at radius 2 is 2.33 bits per heavy atom. The van der Waals surface area contributed by atoms with E-state index in [-0.39, 0.29) is 5.54 Å². The fourth-order valence-electron chi connectivity index (χ4n) is 1.73. The maximum atomic E-state index is 6.20. The molecule has 1 aliphatic heterocycles. The van der Waals surface area contributed by atoms with Crippen molar-refractivity contribution in [2.45, 2.75) is 32.2 Å². The second kappa shape index (κ2) is 5.85. The maximum Gasteiger partial charge on any atom is 0.161 e. The molecule has 0 saturated carbocycles. The summed E-state index contributed by atoms with van der Waals surface area (Å²) < 4.78 is 0.981. The van der Waals surface area contributed by atoms with Crippen molar-refractivity contribution >= 4 is 50.1 Å². The third kappa shape index (κ3) is 3.43. The molecule has 0 bridgehead atoms. The molecule has 0 fully saturated rings. The lowest BCUT2D eigenvalue weighted by molar-refractivity contribution is 0.443. The van der Waals surface area contributed by atoms with Gasteiger partial charge in [-0.05, 0) is 38.0 Å². The highest BCUT2D eigenvalue weighted by molar-refractivity contribution is 9.10. The highest BCUT2D eigenvalue weighted by Gasteiger charge is 2.26. The zero-order valence-electron chi connectivity index (χ0n) is 10.5. The first-order valence-electron chi connectivity index (χ1n) is 5.97. The number of hydrogen-bond acceptors (Lipinski definition) is 3. The number of benzene rings is 1. The molecule has 1 aromatic rings. The molecule has 0 spiro atoms. The summed E-state index contributed by atoms with van der Waals surface area (Å²) in [4.78, 5) is 4.79. The van der Waals surface area contributed by atoms with Gasteiger partial charge in [0.15, 0.2) is 5.17 Å². The molecule has 0 radical (unpaired) electrons. The number of hydrogen-bond donors (Lipinski definition) is 1. The molecule has 18 heavy (non-hydrogen) atoms. The van der Waals surface area contributed by atoms with Gasteiger partial charge in [-0.15, -0.1) is 0 Å². The van der Waals surface area contributed by atoms with Gasteiger partial charge in [-0.2, -0.15) is 0 Å². The summed E-state index contributed by atoms with van der Waals surface area (Å²) in [5, 5.41) is 5.00. The number of rotatable bonds is 2. The van der Waals surface area contributed by atoms with Crippen LogP contribution in [0.4, 0.5) is 5.69 Å². The minimum absolute atomic E-state index is 0.0649. The normalized spacial score (nSPS) is 23.7. The van der Waals surface area contributed by atoms with Crippen LogP contribution in [0, 0.1) is 0 Å². The number of amidine groups is 1. The molecule has 1 aromatic carbocycles. The van der Waals surface area contributed by atoms with Crippen molar-refractivity contribution in [2.24, 2.45) is 4.99 Å². The Labute approximate surface area is 126 Å². The summed E-state index contributed by atoms with van der Waals surface area (Å²) in [6.07, 6.45) is 2.19. The third-order valence-corrected chi connectivity index (χ3v) is 4.87. The Morgan fingerprint density at radius 1 is 1.56 bits per heavy atom. The second-order valence-electron chi connectivity index (χ2n) is 4.62. The van der Waals surface area contributed by atoms with Crippen molar-refractivity contribution in [1.29, 1.82) is 0 Å². The highest BCUT2D eigenvalue weighted by Crippen LogP contribution is 2.32. The van der Waals surface area contributed by atoms with Gasteiger partial charge >= 0.3 is 0 Å². The van der Waals surface area contributed by atoms with E-state index >= 15 is 0 Å². The van der Waals surface area contributed by atoms with Crippen molar-refractivity contribution in [3.63, 3.8) is 0 Å². The first-order valence-corrected chi connectivity index (χ1v) is 8.13. The number of nitrogens with zero attached hydrogens (tertiary/aromatic N) is 1. The summed E-state index contributed by atoms with van der Waals surface area (Å²) in [6.45, 7) is 4.39. The molecule has 2 rings (SSSR count). The van der Waals surface area contributed by atoms with Gasteiger partial charge < -0.3 is 5.32 Å². The minimum atomic E-state index is 0.0649. The summed E-state index contributed by atoms with van der Waals surface area (Å²) >= 11 is 11.4. The molecule has 1 unspecified atom stereocenters. The van der Waals surface area contributed by atoms with Crippen molar-refractivity contribution in [2.75, 3.05) is 11.1 Å². The molecule has 0 aromatic heterocycles. The SMILES string of the molecule is CCC1(C)CCSC(Nc2ccc(Br)cc2Cl)=N1. The quantitative estimate of drug-likeness (QED) is 0.797. The van der Waals surface area contributed by atoms with E-state index in [9.17, 15) is 0 Å². The molecular weight excluding hydrogens is 332 g/mol. The van der Waals surface area contributed by atoms with Crippen molar-refractivity contribution < 1.29 is 0 Å². The Kier molecular flexibility index (Phi) is 4.62. The van der Waals surface area contributed by atoms with Crippen LogP contribution < -0.4 is 5.32 Å². The predicted octanol–water partition coefficient (Wildman–Crippen LogP) is 5.18. The third-order valence-electron chi connectivity index (χ3n) is 3.19. The number of anilines is 1. The van der Waals surface area contributed by atoms with E-state index in [0.29, 0.717) is 5.02 Å². The van der Waals surface area contributed by atoms with Crippen molar-refractivity contribution in [1.82, 2.24) is 0 Å². The number of aliphatic imine (C=N–C) groups is 1. The lowest BCUT2D eigenvalue weighted by Crippen LogP contribution is -2.29. The fraction of sp³-hybridized carbons (Fsp3) is 0.462.